The smallest absolute Gasteiger partial charge is 0.311 e. The van der Waals surface area contributed by atoms with Crippen LogP contribution in [0.3, 0.4) is 0 Å². The SMILES string of the molecule is CCC(C)(C)C(=O)OC1CC2CC1C(C)(C(=O)O)C2. The monoisotopic (exact) mass is 268 g/mol. The van der Waals surface area contributed by atoms with Crippen molar-refractivity contribution in [2.45, 2.75) is 59.5 Å². The Morgan fingerprint density at radius 2 is 2.00 bits per heavy atom. The minimum atomic E-state index is -0.754. The first-order valence-electron chi connectivity index (χ1n) is 7.15. The second-order valence-electron chi connectivity index (χ2n) is 7.05. The van der Waals surface area contributed by atoms with Gasteiger partial charge in [-0.15, -0.1) is 0 Å². The molecule has 108 valence electrons. The van der Waals surface area contributed by atoms with Crippen LogP contribution in [0.5, 0.6) is 0 Å². The highest BCUT2D eigenvalue weighted by Gasteiger charge is 2.58. The van der Waals surface area contributed by atoms with Gasteiger partial charge in [-0.2, -0.15) is 0 Å². The van der Waals surface area contributed by atoms with Crippen LogP contribution in [0.2, 0.25) is 0 Å². The van der Waals surface area contributed by atoms with Gasteiger partial charge in [-0.3, -0.25) is 9.59 Å². The molecule has 1 N–H and O–H groups in total. The predicted molar refractivity (Wildman–Crippen MR) is 70.5 cm³/mol. The second kappa shape index (κ2) is 4.50. The number of hydrogen-bond donors (Lipinski definition) is 1. The van der Waals surface area contributed by atoms with E-state index in [1.807, 2.05) is 20.8 Å². The fourth-order valence-corrected chi connectivity index (χ4v) is 3.51. The van der Waals surface area contributed by atoms with Gasteiger partial charge in [0.1, 0.15) is 6.10 Å². The van der Waals surface area contributed by atoms with E-state index in [9.17, 15) is 14.7 Å². The number of rotatable bonds is 4. The molecule has 2 aliphatic rings. The number of carbonyl (C=O) groups excluding carboxylic acids is 1. The van der Waals surface area contributed by atoms with E-state index in [0.29, 0.717) is 5.92 Å². The van der Waals surface area contributed by atoms with Crippen LogP contribution >= 0.6 is 0 Å². The number of fused-ring (bicyclic) bond motifs is 2. The molecule has 0 spiro atoms. The first kappa shape index (κ1) is 14.4. The first-order valence-corrected chi connectivity index (χ1v) is 7.15. The molecular weight excluding hydrogens is 244 g/mol. The maximum absolute atomic E-state index is 12.1. The van der Waals surface area contributed by atoms with Crippen LogP contribution in [-0.4, -0.2) is 23.1 Å². The van der Waals surface area contributed by atoms with Gasteiger partial charge in [-0.1, -0.05) is 6.92 Å². The molecule has 2 fully saturated rings. The quantitative estimate of drug-likeness (QED) is 0.796. The average molecular weight is 268 g/mol. The average Bonchev–Trinajstić information content (AvgIpc) is 2.86. The topological polar surface area (TPSA) is 63.6 Å². The third kappa shape index (κ3) is 2.26. The Morgan fingerprint density at radius 1 is 1.37 bits per heavy atom. The molecule has 0 amide bonds. The van der Waals surface area contributed by atoms with Crippen LogP contribution in [0, 0.1) is 22.7 Å². The number of hydrogen-bond acceptors (Lipinski definition) is 3. The molecule has 4 nitrogen and oxygen atoms in total. The molecule has 0 aromatic carbocycles. The Kier molecular flexibility index (Phi) is 3.40. The van der Waals surface area contributed by atoms with Crippen molar-refractivity contribution in [1.29, 1.82) is 0 Å². The summed E-state index contributed by atoms with van der Waals surface area (Å²) in [4.78, 5) is 23.6. The Labute approximate surface area is 114 Å². The zero-order chi connectivity index (χ0) is 14.4. The molecule has 0 radical (unpaired) electrons. The van der Waals surface area contributed by atoms with E-state index in [1.54, 1.807) is 6.92 Å². The summed E-state index contributed by atoms with van der Waals surface area (Å²) >= 11 is 0. The molecule has 2 rings (SSSR count). The minimum Gasteiger partial charge on any atom is -0.481 e. The van der Waals surface area contributed by atoms with Crippen molar-refractivity contribution < 1.29 is 19.4 Å². The van der Waals surface area contributed by atoms with Crippen LogP contribution in [0.4, 0.5) is 0 Å². The van der Waals surface area contributed by atoms with Crippen molar-refractivity contribution in [3.05, 3.63) is 0 Å². The molecule has 0 aliphatic heterocycles. The van der Waals surface area contributed by atoms with Crippen molar-refractivity contribution >= 4 is 11.9 Å². The standard InChI is InChI=1S/C15H24O4/c1-5-14(2,3)13(18)19-11-7-9-6-10(11)15(4,8-9)12(16)17/h9-11H,5-8H2,1-4H3,(H,16,17). The molecule has 2 aliphatic carbocycles. The molecule has 0 heterocycles. The number of carboxylic acid groups (broad SMARTS) is 1. The van der Waals surface area contributed by atoms with Crippen molar-refractivity contribution in [2.24, 2.45) is 22.7 Å². The van der Waals surface area contributed by atoms with E-state index < -0.39 is 16.8 Å². The van der Waals surface area contributed by atoms with Crippen LogP contribution in [-0.2, 0) is 14.3 Å². The van der Waals surface area contributed by atoms with Crippen LogP contribution < -0.4 is 0 Å². The summed E-state index contributed by atoms with van der Waals surface area (Å²) in [5.41, 5.74) is -1.20. The Hall–Kier alpha value is -1.06. The molecule has 4 atom stereocenters. The summed E-state index contributed by atoms with van der Waals surface area (Å²) in [6.45, 7) is 7.51. The van der Waals surface area contributed by atoms with Crippen LogP contribution in [0.25, 0.3) is 0 Å². The summed E-state index contributed by atoms with van der Waals surface area (Å²) in [5, 5.41) is 9.41. The lowest BCUT2D eigenvalue weighted by atomic mass is 9.73. The molecule has 0 aromatic heterocycles. The van der Waals surface area contributed by atoms with E-state index in [0.717, 1.165) is 25.7 Å². The largest absolute Gasteiger partial charge is 0.481 e. The highest BCUT2D eigenvalue weighted by Crippen LogP contribution is 2.57. The van der Waals surface area contributed by atoms with Gasteiger partial charge in [-0.05, 0) is 52.4 Å². The predicted octanol–water partition coefficient (Wildman–Crippen LogP) is 2.86. The summed E-state index contributed by atoms with van der Waals surface area (Å²) in [5.74, 6) is -0.573. The summed E-state index contributed by atoms with van der Waals surface area (Å²) < 4.78 is 5.64. The van der Waals surface area contributed by atoms with Gasteiger partial charge in [0.25, 0.3) is 0 Å². The zero-order valence-corrected chi connectivity index (χ0v) is 12.2. The Morgan fingerprint density at radius 3 is 2.47 bits per heavy atom. The molecule has 19 heavy (non-hydrogen) atoms. The Balaban J connectivity index is 2.08. The molecule has 4 unspecified atom stereocenters. The van der Waals surface area contributed by atoms with Crippen molar-refractivity contribution in [3.8, 4) is 0 Å². The normalized spacial score (nSPS) is 37.4. The number of aliphatic carboxylic acids is 1. The molecule has 0 saturated heterocycles. The highest BCUT2D eigenvalue weighted by atomic mass is 16.5. The lowest BCUT2D eigenvalue weighted by molar-refractivity contribution is -0.171. The summed E-state index contributed by atoms with van der Waals surface area (Å²) in [6, 6.07) is 0. The van der Waals surface area contributed by atoms with E-state index in [1.165, 1.54) is 0 Å². The van der Waals surface area contributed by atoms with Gasteiger partial charge in [-0.25, -0.2) is 0 Å². The number of esters is 1. The minimum absolute atomic E-state index is 0.0217. The van der Waals surface area contributed by atoms with E-state index in [4.69, 9.17) is 4.74 Å². The fraction of sp³-hybridized carbons (Fsp3) is 0.867. The van der Waals surface area contributed by atoms with Crippen molar-refractivity contribution in [2.75, 3.05) is 0 Å². The number of carboxylic acids is 1. The first-order chi connectivity index (χ1) is 8.70. The Bertz CT molecular complexity index is 401. The van der Waals surface area contributed by atoms with Gasteiger partial charge in [0, 0.05) is 5.92 Å². The lowest BCUT2D eigenvalue weighted by Crippen LogP contribution is -2.43. The van der Waals surface area contributed by atoms with Crippen LogP contribution in [0.15, 0.2) is 0 Å². The molecule has 4 heteroatoms. The highest BCUT2D eigenvalue weighted by molar-refractivity contribution is 5.77. The molecule has 2 bridgehead atoms. The third-order valence-corrected chi connectivity index (χ3v) is 5.32. The summed E-state index contributed by atoms with van der Waals surface area (Å²) in [7, 11) is 0. The van der Waals surface area contributed by atoms with E-state index in [2.05, 4.69) is 0 Å². The van der Waals surface area contributed by atoms with Gasteiger partial charge in [0.15, 0.2) is 0 Å². The van der Waals surface area contributed by atoms with Crippen molar-refractivity contribution in [1.82, 2.24) is 0 Å². The maximum Gasteiger partial charge on any atom is 0.311 e. The number of carbonyl (C=O) groups is 2. The number of ether oxygens (including phenoxy) is 1. The van der Waals surface area contributed by atoms with E-state index in [-0.39, 0.29) is 18.0 Å². The van der Waals surface area contributed by atoms with E-state index >= 15 is 0 Å². The van der Waals surface area contributed by atoms with Gasteiger partial charge < -0.3 is 9.84 Å². The fourth-order valence-electron chi connectivity index (χ4n) is 3.51. The molecule has 0 aromatic rings. The second-order valence-corrected chi connectivity index (χ2v) is 7.05. The van der Waals surface area contributed by atoms with Crippen molar-refractivity contribution in [3.63, 3.8) is 0 Å². The van der Waals surface area contributed by atoms with Gasteiger partial charge in [0.2, 0.25) is 0 Å². The molecular formula is C15H24O4. The third-order valence-electron chi connectivity index (χ3n) is 5.32. The maximum atomic E-state index is 12.1. The lowest BCUT2D eigenvalue weighted by Gasteiger charge is -2.36. The summed E-state index contributed by atoms with van der Waals surface area (Å²) in [6.07, 6.45) is 2.95. The van der Waals surface area contributed by atoms with Crippen LogP contribution in [0.1, 0.15) is 53.4 Å². The van der Waals surface area contributed by atoms with Gasteiger partial charge >= 0.3 is 11.9 Å². The van der Waals surface area contributed by atoms with Gasteiger partial charge in [0.05, 0.1) is 10.8 Å². The molecule has 2 saturated carbocycles. The zero-order valence-electron chi connectivity index (χ0n) is 12.2.